The Kier molecular flexibility index (Phi) is 5.71. The lowest BCUT2D eigenvalue weighted by Gasteiger charge is -2.36. The van der Waals surface area contributed by atoms with Gasteiger partial charge in [-0.15, -0.1) is 0 Å². The minimum absolute atomic E-state index is 0.0343. The third-order valence-corrected chi connectivity index (χ3v) is 6.93. The summed E-state index contributed by atoms with van der Waals surface area (Å²) in [4.78, 5) is 25.7. The van der Waals surface area contributed by atoms with Crippen molar-refractivity contribution in [1.82, 2.24) is 9.47 Å². The number of rotatable bonds is 5. The molecule has 2 aromatic carbocycles. The highest BCUT2D eigenvalue weighted by Crippen LogP contribution is 2.27. The van der Waals surface area contributed by atoms with E-state index in [0.717, 1.165) is 52.7 Å². The van der Waals surface area contributed by atoms with Crippen molar-refractivity contribution in [3.63, 3.8) is 0 Å². The van der Waals surface area contributed by atoms with Gasteiger partial charge in [0.15, 0.2) is 0 Å². The highest BCUT2D eigenvalue weighted by Gasteiger charge is 2.32. The molecule has 1 aliphatic rings. The molecule has 0 aliphatic carbocycles. The molecule has 2 atom stereocenters. The van der Waals surface area contributed by atoms with Gasteiger partial charge in [0.2, 0.25) is 5.91 Å². The predicted octanol–water partition coefficient (Wildman–Crippen LogP) is 3.04. The maximum atomic E-state index is 11.9. The van der Waals surface area contributed by atoms with Crippen LogP contribution in [0.15, 0.2) is 47.3 Å². The van der Waals surface area contributed by atoms with E-state index in [1.54, 1.807) is 11.6 Å². The van der Waals surface area contributed by atoms with Crippen molar-refractivity contribution in [2.24, 2.45) is 12.8 Å². The van der Waals surface area contributed by atoms with Gasteiger partial charge >= 0.3 is 4.87 Å². The first-order valence-corrected chi connectivity index (χ1v) is 10.9. The molecule has 1 unspecified atom stereocenters. The Hall–Kier alpha value is -2.95. The average molecular weight is 421 g/mol. The minimum atomic E-state index is -0.369. The number of benzene rings is 2. The van der Waals surface area contributed by atoms with Crippen LogP contribution in [0.4, 0.5) is 0 Å². The molecule has 0 spiro atoms. The Morgan fingerprint density at radius 3 is 2.67 bits per heavy atom. The van der Waals surface area contributed by atoms with Crippen LogP contribution in [0.5, 0.6) is 0 Å². The van der Waals surface area contributed by atoms with E-state index in [2.05, 4.69) is 6.07 Å². The zero-order chi connectivity index (χ0) is 21.3. The first-order chi connectivity index (χ1) is 14.5. The lowest BCUT2D eigenvalue weighted by molar-refractivity contribution is -0.125. The van der Waals surface area contributed by atoms with Gasteiger partial charge in [0.05, 0.1) is 22.3 Å². The summed E-state index contributed by atoms with van der Waals surface area (Å²) in [5, 5.41) is 9.73. The van der Waals surface area contributed by atoms with Crippen LogP contribution in [0, 0.1) is 11.3 Å². The van der Waals surface area contributed by atoms with Crippen LogP contribution in [0.25, 0.3) is 21.3 Å². The van der Waals surface area contributed by atoms with E-state index in [1.807, 2.05) is 47.4 Å². The fourth-order valence-corrected chi connectivity index (χ4v) is 5.16. The van der Waals surface area contributed by atoms with E-state index < -0.39 is 0 Å². The SMILES string of the molecule is Cn1c(=O)sc2cc(-c3ccc(C[C@@H](C#N)N4CCCCC4C(N)=O)cc3)ccc21. The number of likely N-dealkylation sites (tertiary alicyclic amines) is 1. The molecule has 0 saturated carbocycles. The molecule has 2 heterocycles. The van der Waals surface area contributed by atoms with Crippen LogP contribution < -0.4 is 10.6 Å². The number of aromatic nitrogens is 1. The van der Waals surface area contributed by atoms with E-state index in [9.17, 15) is 14.9 Å². The molecule has 4 rings (SSSR count). The standard InChI is InChI=1S/C23H24N4O2S/c1-26-19-10-9-17(13-21(19)30-23(26)29)16-7-5-15(6-8-16)12-18(14-24)27-11-3-2-4-20(27)22(25)28/h5-10,13,18,20H,2-4,11-12H2,1H3,(H2,25,28)/t18-,20?/m0/s1. The number of piperidine rings is 1. The fraction of sp³-hybridized carbons (Fsp3) is 0.348. The van der Waals surface area contributed by atoms with Gasteiger partial charge in [0, 0.05) is 20.0 Å². The van der Waals surface area contributed by atoms with Crippen molar-refractivity contribution in [3.05, 3.63) is 57.7 Å². The van der Waals surface area contributed by atoms with E-state index in [1.165, 1.54) is 11.3 Å². The summed E-state index contributed by atoms with van der Waals surface area (Å²) in [5.74, 6) is -0.344. The van der Waals surface area contributed by atoms with Gasteiger partial charge in [-0.05, 0) is 41.7 Å². The lowest BCUT2D eigenvalue weighted by atomic mass is 9.95. The molecule has 154 valence electrons. The monoisotopic (exact) mass is 420 g/mol. The molecule has 7 heteroatoms. The maximum Gasteiger partial charge on any atom is 0.307 e. The Morgan fingerprint density at radius 1 is 1.23 bits per heavy atom. The highest BCUT2D eigenvalue weighted by atomic mass is 32.1. The number of nitrogens with two attached hydrogens (primary N) is 1. The van der Waals surface area contributed by atoms with Crippen molar-refractivity contribution in [2.45, 2.75) is 37.8 Å². The van der Waals surface area contributed by atoms with Gasteiger partial charge in [-0.2, -0.15) is 5.26 Å². The van der Waals surface area contributed by atoms with Crippen LogP contribution in [-0.2, 0) is 18.3 Å². The number of nitriles is 1. The van der Waals surface area contributed by atoms with E-state index in [4.69, 9.17) is 5.73 Å². The Balaban J connectivity index is 1.53. The highest BCUT2D eigenvalue weighted by molar-refractivity contribution is 7.16. The number of thiazole rings is 1. The number of amides is 1. The normalized spacial score (nSPS) is 18.2. The largest absolute Gasteiger partial charge is 0.368 e. The number of hydrogen-bond donors (Lipinski definition) is 1. The molecule has 1 amide bonds. The quantitative estimate of drug-likeness (QED) is 0.687. The van der Waals surface area contributed by atoms with Crippen molar-refractivity contribution >= 4 is 27.5 Å². The Morgan fingerprint density at radius 2 is 1.97 bits per heavy atom. The molecule has 1 aliphatic heterocycles. The smallest absolute Gasteiger partial charge is 0.307 e. The Labute approximate surface area is 179 Å². The third kappa shape index (κ3) is 3.89. The van der Waals surface area contributed by atoms with Crippen LogP contribution in [0.3, 0.4) is 0 Å². The Bertz CT molecular complexity index is 1170. The molecule has 1 saturated heterocycles. The van der Waals surface area contributed by atoms with Gasteiger partial charge in [-0.1, -0.05) is 48.1 Å². The molecule has 30 heavy (non-hydrogen) atoms. The van der Waals surface area contributed by atoms with E-state index >= 15 is 0 Å². The maximum absolute atomic E-state index is 11.9. The zero-order valence-corrected chi connectivity index (χ0v) is 17.7. The van der Waals surface area contributed by atoms with Crippen molar-refractivity contribution in [1.29, 1.82) is 5.26 Å². The fourth-order valence-electron chi connectivity index (χ4n) is 4.24. The molecule has 6 nitrogen and oxygen atoms in total. The van der Waals surface area contributed by atoms with E-state index in [-0.39, 0.29) is 22.9 Å². The van der Waals surface area contributed by atoms with Crippen molar-refractivity contribution < 1.29 is 4.79 Å². The topological polar surface area (TPSA) is 92.1 Å². The van der Waals surface area contributed by atoms with Gasteiger partial charge in [0.1, 0.15) is 6.04 Å². The van der Waals surface area contributed by atoms with Crippen LogP contribution in [0.2, 0.25) is 0 Å². The van der Waals surface area contributed by atoms with Crippen LogP contribution in [0.1, 0.15) is 24.8 Å². The lowest BCUT2D eigenvalue weighted by Crippen LogP contribution is -2.52. The summed E-state index contributed by atoms with van der Waals surface area (Å²) in [6.07, 6.45) is 3.23. The zero-order valence-electron chi connectivity index (χ0n) is 16.9. The molecular formula is C23H24N4O2S. The van der Waals surface area contributed by atoms with Crippen molar-refractivity contribution in [3.8, 4) is 17.2 Å². The number of carbonyl (C=O) groups excluding carboxylic acids is 1. The summed E-state index contributed by atoms with van der Waals surface area (Å²) < 4.78 is 2.63. The molecular weight excluding hydrogens is 396 g/mol. The van der Waals surface area contributed by atoms with Gasteiger partial charge in [-0.25, -0.2) is 0 Å². The first kappa shape index (κ1) is 20.3. The van der Waals surface area contributed by atoms with Gasteiger partial charge in [-0.3, -0.25) is 14.5 Å². The predicted molar refractivity (Wildman–Crippen MR) is 119 cm³/mol. The van der Waals surface area contributed by atoms with Crippen LogP contribution in [-0.4, -0.2) is 34.0 Å². The summed E-state index contributed by atoms with van der Waals surface area (Å²) in [6, 6.07) is 15.8. The van der Waals surface area contributed by atoms with E-state index in [0.29, 0.717) is 6.42 Å². The number of nitrogens with zero attached hydrogens (tertiary/aromatic N) is 3. The van der Waals surface area contributed by atoms with Crippen LogP contribution >= 0.6 is 11.3 Å². The number of primary amides is 1. The molecule has 0 bridgehead atoms. The second-order valence-corrected chi connectivity index (χ2v) is 8.80. The summed E-state index contributed by atoms with van der Waals surface area (Å²) >= 11 is 1.25. The summed E-state index contributed by atoms with van der Waals surface area (Å²) in [6.45, 7) is 0.726. The molecule has 3 aromatic rings. The van der Waals surface area contributed by atoms with Gasteiger partial charge < -0.3 is 10.3 Å². The average Bonchev–Trinajstić information content (AvgIpc) is 3.05. The molecule has 1 aromatic heterocycles. The summed E-state index contributed by atoms with van der Waals surface area (Å²) in [5.41, 5.74) is 9.67. The molecule has 0 radical (unpaired) electrons. The summed E-state index contributed by atoms with van der Waals surface area (Å²) in [7, 11) is 1.78. The molecule has 1 fully saturated rings. The van der Waals surface area contributed by atoms with Gasteiger partial charge in [0.25, 0.3) is 0 Å². The number of fused-ring (bicyclic) bond motifs is 1. The number of hydrogen-bond acceptors (Lipinski definition) is 5. The number of carbonyl (C=O) groups is 1. The van der Waals surface area contributed by atoms with Crippen molar-refractivity contribution in [2.75, 3.05) is 6.54 Å². The second kappa shape index (κ2) is 8.42. The minimum Gasteiger partial charge on any atom is -0.368 e. The first-order valence-electron chi connectivity index (χ1n) is 10.1. The second-order valence-electron chi connectivity index (χ2n) is 7.81. The number of aryl methyl sites for hydroxylation is 1. The third-order valence-electron chi connectivity index (χ3n) is 5.93. The molecule has 2 N–H and O–H groups in total.